The van der Waals surface area contributed by atoms with Crippen molar-refractivity contribution in [2.24, 2.45) is 5.92 Å². The lowest BCUT2D eigenvalue weighted by molar-refractivity contribution is -0.140. The van der Waals surface area contributed by atoms with Crippen LogP contribution in [0.5, 0.6) is 0 Å². The Morgan fingerprint density at radius 2 is 1.93 bits per heavy atom. The van der Waals surface area contributed by atoms with Crippen molar-refractivity contribution >= 4 is 15.9 Å². The van der Waals surface area contributed by atoms with Crippen LogP contribution in [0.4, 0.5) is 0 Å². The number of aromatic nitrogens is 2. The molecule has 1 amide bonds. The van der Waals surface area contributed by atoms with E-state index < -0.39 is 10.0 Å². The molecule has 1 atom stereocenters. The first kappa shape index (κ1) is 22.0. The number of fused-ring (bicyclic) bond motifs is 1. The van der Waals surface area contributed by atoms with E-state index in [1.807, 2.05) is 18.7 Å². The van der Waals surface area contributed by atoms with Crippen LogP contribution in [0.2, 0.25) is 0 Å². The Labute approximate surface area is 172 Å². The summed E-state index contributed by atoms with van der Waals surface area (Å²) in [6, 6.07) is -0.256. The van der Waals surface area contributed by atoms with Crippen LogP contribution in [0.25, 0.3) is 0 Å². The van der Waals surface area contributed by atoms with E-state index in [0.717, 1.165) is 32.1 Å². The lowest BCUT2D eigenvalue weighted by atomic mass is 9.95. The van der Waals surface area contributed by atoms with Gasteiger partial charge in [0.1, 0.15) is 5.82 Å². The second kappa shape index (κ2) is 8.95. The maximum absolute atomic E-state index is 13.1. The smallest absolute Gasteiger partial charge is 0.254 e. The Kier molecular flexibility index (Phi) is 6.78. The molecule has 1 saturated heterocycles. The molecule has 0 aliphatic carbocycles. The molecule has 0 radical (unpaired) electrons. The van der Waals surface area contributed by atoms with Gasteiger partial charge in [0.2, 0.25) is 15.9 Å². The number of nitrogens with zero attached hydrogens (tertiary/aromatic N) is 3. The van der Waals surface area contributed by atoms with Crippen LogP contribution in [-0.4, -0.2) is 52.3 Å². The lowest BCUT2D eigenvalue weighted by Crippen LogP contribution is -2.44. The first-order valence-electron chi connectivity index (χ1n) is 10.7. The number of piperidine rings is 1. The summed E-state index contributed by atoms with van der Waals surface area (Å²) < 4.78 is 26.0. The van der Waals surface area contributed by atoms with E-state index in [0.29, 0.717) is 36.6 Å². The molecular weight excluding hydrogens is 392 g/mol. The summed E-state index contributed by atoms with van der Waals surface area (Å²) in [5.74, 6) is 0.613. The van der Waals surface area contributed by atoms with Gasteiger partial charge in [-0.1, -0.05) is 13.8 Å². The zero-order valence-corrected chi connectivity index (χ0v) is 18.4. The van der Waals surface area contributed by atoms with Crippen molar-refractivity contribution in [1.29, 1.82) is 0 Å². The fourth-order valence-electron chi connectivity index (χ4n) is 4.36. The van der Waals surface area contributed by atoms with Crippen LogP contribution in [0.15, 0.2) is 4.79 Å². The molecule has 29 heavy (non-hydrogen) atoms. The molecule has 0 unspecified atom stereocenters. The minimum atomic E-state index is -3.34. The molecule has 1 aromatic rings. The zero-order chi connectivity index (χ0) is 21.2. The lowest BCUT2D eigenvalue weighted by Gasteiger charge is -2.37. The molecule has 9 heteroatoms. The second-order valence-electron chi connectivity index (χ2n) is 7.92. The number of carbonyl (C=O) groups excluding carboxylic acids is 1. The fraction of sp³-hybridized carbons (Fsp3) is 0.750. The van der Waals surface area contributed by atoms with Crippen LogP contribution in [0, 0.1) is 5.92 Å². The minimum Gasteiger partial charge on any atom is -0.332 e. The van der Waals surface area contributed by atoms with Gasteiger partial charge in [0, 0.05) is 24.6 Å². The predicted octanol–water partition coefficient (Wildman–Crippen LogP) is 1.97. The molecule has 8 nitrogen and oxygen atoms in total. The minimum absolute atomic E-state index is 0.0230. The average molecular weight is 425 g/mol. The van der Waals surface area contributed by atoms with Crippen LogP contribution < -0.4 is 5.56 Å². The van der Waals surface area contributed by atoms with Gasteiger partial charge in [-0.2, -0.15) is 4.31 Å². The first-order valence-corrected chi connectivity index (χ1v) is 12.3. The quantitative estimate of drug-likeness (QED) is 0.752. The number of H-pyrrole nitrogens is 1. The maximum Gasteiger partial charge on any atom is 0.254 e. The van der Waals surface area contributed by atoms with E-state index in [1.165, 1.54) is 4.31 Å². The third-order valence-electron chi connectivity index (χ3n) is 6.25. The number of hydrogen-bond donors (Lipinski definition) is 1. The highest BCUT2D eigenvalue weighted by Gasteiger charge is 2.34. The fourth-order valence-corrected chi connectivity index (χ4v) is 5.42. The van der Waals surface area contributed by atoms with Gasteiger partial charge in [0.25, 0.3) is 5.56 Å². The molecule has 3 heterocycles. The molecule has 0 aromatic carbocycles. The summed E-state index contributed by atoms with van der Waals surface area (Å²) in [7, 11) is -3.34. The zero-order valence-electron chi connectivity index (χ0n) is 17.6. The summed E-state index contributed by atoms with van der Waals surface area (Å²) in [5.41, 5.74) is 0.872. The maximum atomic E-state index is 13.1. The van der Waals surface area contributed by atoms with E-state index in [1.54, 1.807) is 6.92 Å². The highest BCUT2D eigenvalue weighted by molar-refractivity contribution is 7.89. The van der Waals surface area contributed by atoms with Crippen LogP contribution in [-0.2, 0) is 27.8 Å². The molecule has 0 spiro atoms. The van der Waals surface area contributed by atoms with E-state index in [9.17, 15) is 18.0 Å². The monoisotopic (exact) mass is 424 g/mol. The van der Waals surface area contributed by atoms with Gasteiger partial charge in [-0.05, 0) is 45.4 Å². The van der Waals surface area contributed by atoms with Gasteiger partial charge in [-0.25, -0.2) is 13.4 Å². The number of sulfonamides is 1. The van der Waals surface area contributed by atoms with Gasteiger partial charge in [0.05, 0.1) is 24.0 Å². The predicted molar refractivity (Wildman–Crippen MR) is 111 cm³/mol. The van der Waals surface area contributed by atoms with Gasteiger partial charge < -0.3 is 9.88 Å². The number of hydrogen-bond acceptors (Lipinski definition) is 5. The third kappa shape index (κ3) is 4.40. The van der Waals surface area contributed by atoms with E-state index >= 15 is 0 Å². The van der Waals surface area contributed by atoms with E-state index in [4.69, 9.17) is 0 Å². The number of rotatable bonds is 6. The molecular formula is C20H32N4O4S. The van der Waals surface area contributed by atoms with Gasteiger partial charge in [-0.3, -0.25) is 9.59 Å². The number of likely N-dealkylation sites (tertiary alicyclic amines) is 1. The van der Waals surface area contributed by atoms with Gasteiger partial charge >= 0.3 is 0 Å². The molecule has 0 saturated carbocycles. The SMILES string of the molecule is CCC(CC)C(=O)N1CCCC[C@@H]1c1nc2c(c(=O)[nH]1)CCN(S(=O)(=O)CC)C2. The summed E-state index contributed by atoms with van der Waals surface area (Å²) in [4.78, 5) is 35.2. The molecule has 0 bridgehead atoms. The van der Waals surface area contributed by atoms with Crippen molar-refractivity contribution in [2.75, 3.05) is 18.8 Å². The molecule has 2 aliphatic heterocycles. The van der Waals surface area contributed by atoms with Crippen molar-refractivity contribution < 1.29 is 13.2 Å². The normalized spacial score (nSPS) is 20.7. The second-order valence-corrected chi connectivity index (χ2v) is 10.2. The molecule has 162 valence electrons. The first-order chi connectivity index (χ1) is 13.8. The highest BCUT2D eigenvalue weighted by atomic mass is 32.2. The number of nitrogens with one attached hydrogen (secondary N) is 1. The van der Waals surface area contributed by atoms with Crippen molar-refractivity contribution in [3.63, 3.8) is 0 Å². The summed E-state index contributed by atoms with van der Waals surface area (Å²) in [5, 5.41) is 0. The summed E-state index contributed by atoms with van der Waals surface area (Å²) >= 11 is 0. The summed E-state index contributed by atoms with van der Waals surface area (Å²) in [6.07, 6.45) is 4.60. The van der Waals surface area contributed by atoms with Crippen molar-refractivity contribution in [2.45, 2.75) is 71.9 Å². The van der Waals surface area contributed by atoms with Crippen molar-refractivity contribution in [3.05, 3.63) is 27.4 Å². The highest BCUT2D eigenvalue weighted by Crippen LogP contribution is 2.31. The molecule has 3 rings (SSSR count). The average Bonchev–Trinajstić information content (AvgIpc) is 2.74. The van der Waals surface area contributed by atoms with Gasteiger partial charge in [0.15, 0.2) is 0 Å². The summed E-state index contributed by atoms with van der Waals surface area (Å²) in [6.45, 7) is 6.74. The topological polar surface area (TPSA) is 103 Å². The number of carbonyl (C=O) groups is 1. The third-order valence-corrected chi connectivity index (χ3v) is 8.08. The van der Waals surface area contributed by atoms with Crippen LogP contribution in [0.1, 0.15) is 76.0 Å². The van der Waals surface area contributed by atoms with Crippen molar-refractivity contribution in [1.82, 2.24) is 19.2 Å². The van der Waals surface area contributed by atoms with E-state index in [2.05, 4.69) is 9.97 Å². The standard InChI is InChI=1S/C20H32N4O4S/c1-4-14(5-2)20(26)24-11-8-7-9-17(24)18-21-16-13-23(29(27,28)6-3)12-10-15(16)19(25)22-18/h14,17H,4-13H2,1-3H3,(H,21,22,25)/t17-/m1/s1. The molecule has 2 aliphatic rings. The Bertz CT molecular complexity index is 908. The Morgan fingerprint density at radius 1 is 1.21 bits per heavy atom. The van der Waals surface area contributed by atoms with Crippen molar-refractivity contribution in [3.8, 4) is 0 Å². The Hall–Kier alpha value is -1.74. The van der Waals surface area contributed by atoms with E-state index in [-0.39, 0.29) is 35.7 Å². The Balaban J connectivity index is 1.94. The molecule has 1 N–H and O–H groups in total. The number of amides is 1. The van der Waals surface area contributed by atoms with Gasteiger partial charge in [-0.15, -0.1) is 0 Å². The van der Waals surface area contributed by atoms with Crippen LogP contribution in [0.3, 0.4) is 0 Å². The Morgan fingerprint density at radius 3 is 2.59 bits per heavy atom. The molecule has 1 fully saturated rings. The van der Waals surface area contributed by atoms with Crippen LogP contribution >= 0.6 is 0 Å². The molecule has 1 aromatic heterocycles. The largest absolute Gasteiger partial charge is 0.332 e. The number of aromatic amines is 1.